The van der Waals surface area contributed by atoms with Gasteiger partial charge in [0.05, 0.1) is 17.4 Å². The van der Waals surface area contributed by atoms with Gasteiger partial charge in [-0.15, -0.1) is 11.3 Å². The molecular formula is C23H27FN6O3S. The minimum atomic E-state index is -0.962. The number of thiazole rings is 1. The monoisotopic (exact) mass is 486 g/mol. The molecule has 2 aliphatic rings. The molecule has 3 aromatic heterocycles. The molecule has 1 aliphatic heterocycles. The van der Waals surface area contributed by atoms with Crippen molar-refractivity contribution in [1.82, 2.24) is 25.2 Å². The number of pyridine rings is 1. The van der Waals surface area contributed by atoms with Crippen LogP contribution in [0.15, 0.2) is 24.7 Å². The fraction of sp³-hybridized carbons (Fsp3) is 0.478. The van der Waals surface area contributed by atoms with Crippen LogP contribution in [0.1, 0.15) is 29.4 Å². The number of hydrogen-bond acceptors (Lipinski definition) is 7. The molecule has 0 radical (unpaired) electrons. The maximum atomic E-state index is 12.4. The van der Waals surface area contributed by atoms with Crippen LogP contribution in [-0.4, -0.2) is 75.2 Å². The number of likely N-dealkylation sites (tertiary alicyclic amines) is 1. The van der Waals surface area contributed by atoms with Gasteiger partial charge in [0.25, 0.3) is 11.8 Å². The van der Waals surface area contributed by atoms with Gasteiger partial charge in [0.1, 0.15) is 28.3 Å². The standard InChI is InChI=1S/C23H27FN6O3S/c1-12(31)23(33)30-10-13-6-15(7-14(13)11-30)29-19-16-2-4-25-20(16)27-8-17(19)22-28-9-18(34-22)21(32)26-5-3-24/h2,4,8-9,12-15,31H,3,5-7,10-11H2,1H3,(H,26,32)(H2,25,27,29)/t12-,13-,14+,15?/m0/s1. The van der Waals surface area contributed by atoms with Crippen molar-refractivity contribution in [1.29, 1.82) is 0 Å². The first kappa shape index (κ1) is 22.7. The number of nitrogens with one attached hydrogen (secondary N) is 3. The Balaban J connectivity index is 1.36. The Kier molecular flexibility index (Phi) is 6.22. The Bertz CT molecular complexity index is 1200. The third kappa shape index (κ3) is 4.25. The summed E-state index contributed by atoms with van der Waals surface area (Å²) in [4.78, 5) is 38.7. The molecule has 4 atom stereocenters. The van der Waals surface area contributed by atoms with Crippen LogP contribution in [-0.2, 0) is 4.79 Å². The number of nitrogens with zero attached hydrogens (tertiary/aromatic N) is 3. The van der Waals surface area contributed by atoms with Gasteiger partial charge in [0, 0.05) is 43.5 Å². The predicted octanol–water partition coefficient (Wildman–Crippen LogP) is 2.42. The SMILES string of the molecule is C[C@H](O)C(=O)N1C[C@H]2CC(Nc3c(-c4ncc(C(=O)NCCF)s4)cnc4[nH]ccc34)C[C@H]2C1. The molecule has 4 heterocycles. The Morgan fingerprint density at radius 2 is 2.06 bits per heavy atom. The van der Waals surface area contributed by atoms with E-state index in [1.165, 1.54) is 24.5 Å². The van der Waals surface area contributed by atoms with E-state index in [2.05, 4.69) is 25.6 Å². The summed E-state index contributed by atoms with van der Waals surface area (Å²) in [6.07, 6.45) is 5.99. The highest BCUT2D eigenvalue weighted by molar-refractivity contribution is 7.17. The number of aliphatic hydroxyl groups is 1. The predicted molar refractivity (Wildman–Crippen MR) is 127 cm³/mol. The number of anilines is 1. The van der Waals surface area contributed by atoms with Crippen LogP contribution >= 0.6 is 11.3 Å². The Morgan fingerprint density at radius 3 is 2.76 bits per heavy atom. The molecule has 3 aromatic rings. The summed E-state index contributed by atoms with van der Waals surface area (Å²) in [6.45, 7) is 2.23. The van der Waals surface area contributed by atoms with Crippen LogP contribution in [0.4, 0.5) is 10.1 Å². The van der Waals surface area contributed by atoms with Crippen LogP contribution in [0.5, 0.6) is 0 Å². The number of carbonyl (C=O) groups excluding carboxylic acids is 2. The van der Waals surface area contributed by atoms with E-state index < -0.39 is 12.8 Å². The van der Waals surface area contributed by atoms with Crippen molar-refractivity contribution in [2.45, 2.75) is 31.9 Å². The molecule has 1 unspecified atom stereocenters. The van der Waals surface area contributed by atoms with Gasteiger partial charge in [-0.1, -0.05) is 0 Å². The van der Waals surface area contributed by atoms with Crippen LogP contribution in [0.2, 0.25) is 0 Å². The van der Waals surface area contributed by atoms with Crippen molar-refractivity contribution in [2.75, 3.05) is 31.6 Å². The Labute approximate surface area is 199 Å². The van der Waals surface area contributed by atoms with Crippen molar-refractivity contribution in [3.8, 4) is 10.6 Å². The van der Waals surface area contributed by atoms with Crippen LogP contribution in [0.25, 0.3) is 21.6 Å². The number of fused-ring (bicyclic) bond motifs is 2. The van der Waals surface area contributed by atoms with E-state index in [9.17, 15) is 19.1 Å². The topological polar surface area (TPSA) is 123 Å². The average Bonchev–Trinajstić information content (AvgIpc) is 3.60. The number of alkyl halides is 1. The second-order valence-electron chi connectivity index (χ2n) is 9.01. The molecule has 1 saturated carbocycles. The van der Waals surface area contributed by atoms with Crippen LogP contribution in [0.3, 0.4) is 0 Å². The molecule has 0 aromatic carbocycles. The minimum absolute atomic E-state index is 0.0278. The smallest absolute Gasteiger partial charge is 0.263 e. The molecule has 1 saturated heterocycles. The molecule has 34 heavy (non-hydrogen) atoms. The maximum Gasteiger partial charge on any atom is 0.263 e. The lowest BCUT2D eigenvalue weighted by atomic mass is 10.0. The number of hydrogen-bond donors (Lipinski definition) is 4. The second kappa shape index (κ2) is 9.30. The first-order valence-corrected chi connectivity index (χ1v) is 12.3. The lowest BCUT2D eigenvalue weighted by molar-refractivity contribution is -0.138. The second-order valence-corrected chi connectivity index (χ2v) is 10.0. The zero-order valence-corrected chi connectivity index (χ0v) is 19.6. The number of rotatable bonds is 7. The molecule has 2 fully saturated rings. The third-order valence-corrected chi connectivity index (χ3v) is 7.72. The molecule has 180 valence electrons. The highest BCUT2D eigenvalue weighted by Gasteiger charge is 2.43. The number of amides is 2. The molecule has 9 nitrogen and oxygen atoms in total. The zero-order valence-electron chi connectivity index (χ0n) is 18.8. The van der Waals surface area contributed by atoms with E-state index in [1.807, 2.05) is 12.3 Å². The summed E-state index contributed by atoms with van der Waals surface area (Å²) < 4.78 is 12.4. The highest BCUT2D eigenvalue weighted by Crippen LogP contribution is 2.42. The molecule has 2 amide bonds. The summed E-state index contributed by atoms with van der Waals surface area (Å²) in [5.41, 5.74) is 2.48. The number of carbonyl (C=O) groups is 2. The fourth-order valence-corrected chi connectivity index (χ4v) is 5.99. The normalized spacial score (nSPS) is 22.7. The third-order valence-electron chi connectivity index (χ3n) is 6.70. The van der Waals surface area contributed by atoms with Crippen molar-refractivity contribution in [3.05, 3.63) is 29.5 Å². The fourth-order valence-electron chi connectivity index (χ4n) is 5.14. The van der Waals surface area contributed by atoms with E-state index in [0.29, 0.717) is 34.8 Å². The molecule has 0 spiro atoms. The highest BCUT2D eigenvalue weighted by atomic mass is 32.1. The van der Waals surface area contributed by atoms with Crippen molar-refractivity contribution >= 4 is 39.9 Å². The first-order valence-electron chi connectivity index (χ1n) is 11.4. The molecule has 1 aliphatic carbocycles. The summed E-state index contributed by atoms with van der Waals surface area (Å²) in [5.74, 6) is 0.265. The van der Waals surface area contributed by atoms with Gasteiger partial charge in [-0.2, -0.15) is 0 Å². The molecule has 4 N–H and O–H groups in total. The van der Waals surface area contributed by atoms with Crippen molar-refractivity contribution in [3.63, 3.8) is 0 Å². The van der Waals surface area contributed by atoms with Gasteiger partial charge in [-0.05, 0) is 37.7 Å². The van der Waals surface area contributed by atoms with Gasteiger partial charge < -0.3 is 25.6 Å². The number of aromatic nitrogens is 3. The zero-order chi connectivity index (χ0) is 23.8. The van der Waals surface area contributed by atoms with Crippen LogP contribution < -0.4 is 10.6 Å². The Hall–Kier alpha value is -3.05. The number of H-pyrrole nitrogens is 1. The maximum absolute atomic E-state index is 12.4. The van der Waals surface area contributed by atoms with Gasteiger partial charge in [-0.25, -0.2) is 14.4 Å². The van der Waals surface area contributed by atoms with Crippen molar-refractivity contribution < 1.29 is 19.1 Å². The number of aromatic amines is 1. The largest absolute Gasteiger partial charge is 0.384 e. The number of halogens is 1. The van der Waals surface area contributed by atoms with E-state index in [1.54, 1.807) is 11.1 Å². The lowest BCUT2D eigenvalue weighted by Gasteiger charge is -2.22. The number of aliphatic hydroxyl groups excluding tert-OH is 1. The van der Waals surface area contributed by atoms with Crippen molar-refractivity contribution in [2.24, 2.45) is 11.8 Å². The summed E-state index contributed by atoms with van der Waals surface area (Å²) in [6, 6.07) is 2.19. The Morgan fingerprint density at radius 1 is 1.29 bits per heavy atom. The summed E-state index contributed by atoms with van der Waals surface area (Å²) in [5, 5.41) is 17.5. The lowest BCUT2D eigenvalue weighted by Crippen LogP contribution is -2.37. The molecule has 0 bridgehead atoms. The van der Waals surface area contributed by atoms with Gasteiger partial charge >= 0.3 is 0 Å². The summed E-state index contributed by atoms with van der Waals surface area (Å²) in [7, 11) is 0. The van der Waals surface area contributed by atoms with Gasteiger partial charge in [-0.3, -0.25) is 9.59 Å². The van der Waals surface area contributed by atoms with Crippen LogP contribution in [0, 0.1) is 11.8 Å². The molecule has 5 rings (SSSR count). The first-order chi connectivity index (χ1) is 16.4. The quantitative estimate of drug-likeness (QED) is 0.407. The van der Waals surface area contributed by atoms with Gasteiger partial charge in [0.15, 0.2) is 0 Å². The van der Waals surface area contributed by atoms with Gasteiger partial charge in [0.2, 0.25) is 0 Å². The minimum Gasteiger partial charge on any atom is -0.384 e. The van der Waals surface area contributed by atoms with E-state index in [-0.39, 0.29) is 24.4 Å². The molecule has 11 heteroatoms. The van der Waals surface area contributed by atoms with E-state index >= 15 is 0 Å². The average molecular weight is 487 g/mol. The van der Waals surface area contributed by atoms with E-state index in [0.717, 1.165) is 35.1 Å². The van der Waals surface area contributed by atoms with E-state index in [4.69, 9.17) is 0 Å². The molecular weight excluding hydrogens is 459 g/mol. The summed E-state index contributed by atoms with van der Waals surface area (Å²) >= 11 is 1.25.